The molecule has 0 saturated heterocycles. The van der Waals surface area contributed by atoms with Gasteiger partial charge in [-0.2, -0.15) is 0 Å². The van der Waals surface area contributed by atoms with Gasteiger partial charge in [0, 0.05) is 26.4 Å². The summed E-state index contributed by atoms with van der Waals surface area (Å²) >= 11 is 9.46. The third-order valence-corrected chi connectivity index (χ3v) is 17.3. The summed E-state index contributed by atoms with van der Waals surface area (Å²) in [5.74, 6) is 2.20. The van der Waals surface area contributed by atoms with Crippen LogP contribution < -0.4 is 0 Å². The van der Waals surface area contributed by atoms with Crippen LogP contribution in [0.15, 0.2) is 0 Å². The molecular weight excluding hydrogens is 417 g/mol. The van der Waals surface area contributed by atoms with Gasteiger partial charge in [-0.3, -0.25) is 0 Å². The monoisotopic (exact) mass is 452 g/mol. The molecule has 0 radical (unpaired) electrons. The molecule has 0 aromatic heterocycles. The fourth-order valence-corrected chi connectivity index (χ4v) is 11.2. The fourth-order valence-electron chi connectivity index (χ4n) is 2.30. The molecule has 0 fully saturated rings. The van der Waals surface area contributed by atoms with Gasteiger partial charge in [-0.25, -0.2) is 0 Å². The zero-order chi connectivity index (χ0) is 18.3. The highest BCUT2D eigenvalue weighted by atomic mass is 33.7. The van der Waals surface area contributed by atoms with Gasteiger partial charge >= 0.3 is 18.6 Å². The summed E-state index contributed by atoms with van der Waals surface area (Å²) in [6.07, 6.45) is 2.22. The summed E-state index contributed by atoms with van der Waals surface area (Å²) in [5, 5.41) is 0. The number of hydrogen-bond donors (Lipinski definition) is 2. The van der Waals surface area contributed by atoms with Crippen molar-refractivity contribution in [2.75, 3.05) is 37.9 Å². The third-order valence-electron chi connectivity index (χ3n) is 3.36. The molecule has 0 aromatic carbocycles. The summed E-state index contributed by atoms with van der Waals surface area (Å²) in [5.41, 5.74) is 0. The van der Waals surface area contributed by atoms with Gasteiger partial charge in [0.15, 0.2) is 0 Å². The maximum atomic E-state index is 5.74. The number of rotatable bonds is 17. The Bertz CT molecular complexity index is 260. The molecule has 0 spiro atoms. The third kappa shape index (κ3) is 12.9. The lowest BCUT2D eigenvalue weighted by Crippen LogP contribution is -2.24. The van der Waals surface area contributed by atoms with Crippen LogP contribution in [0.1, 0.15) is 40.5 Å². The minimum atomic E-state index is -1.48. The van der Waals surface area contributed by atoms with Gasteiger partial charge in [0.05, 0.1) is 0 Å². The second-order valence-corrected chi connectivity index (χ2v) is 18.5. The van der Waals surface area contributed by atoms with E-state index in [-0.39, 0.29) is 0 Å². The quantitative estimate of drug-likeness (QED) is 0.193. The smallest absolute Gasteiger partial charge is 0.321 e. The molecule has 0 heterocycles. The highest BCUT2D eigenvalue weighted by Crippen LogP contribution is 2.66. The van der Waals surface area contributed by atoms with Crippen LogP contribution >= 0.6 is 41.2 Å². The van der Waals surface area contributed by atoms with Gasteiger partial charge in [-0.05, 0) is 74.0 Å². The van der Waals surface area contributed by atoms with Gasteiger partial charge in [0.1, 0.15) is 0 Å². The Hall–Kier alpha value is 1.67. The second kappa shape index (κ2) is 16.8. The molecule has 10 heteroatoms. The number of hydrogen-bond acceptors (Lipinski definition) is 7. The van der Waals surface area contributed by atoms with Crippen LogP contribution in [0.25, 0.3) is 0 Å². The second-order valence-electron chi connectivity index (χ2n) is 5.22. The van der Waals surface area contributed by atoms with E-state index in [1.54, 1.807) is 9.83 Å². The largest absolute Gasteiger partial charge is 0.397 e. The molecule has 0 atom stereocenters. The Morgan fingerprint density at radius 1 is 0.750 bits per heavy atom. The predicted octanol–water partition coefficient (Wildman–Crippen LogP) is 4.50. The molecule has 0 rings (SSSR count). The van der Waals surface area contributed by atoms with E-state index in [0.29, 0.717) is 0 Å². The van der Waals surface area contributed by atoms with Crippen molar-refractivity contribution in [2.45, 2.75) is 52.6 Å². The molecular formula is C14H36O4S4Si2. The minimum Gasteiger partial charge on any atom is -0.397 e. The van der Waals surface area contributed by atoms with E-state index in [4.69, 9.17) is 29.4 Å². The van der Waals surface area contributed by atoms with Gasteiger partial charge in [-0.15, -0.1) is 31.4 Å². The van der Waals surface area contributed by atoms with Crippen LogP contribution in [-0.4, -0.2) is 56.5 Å². The molecule has 0 aliphatic carbocycles. The minimum absolute atomic E-state index is 0.748. The van der Waals surface area contributed by atoms with Crippen LogP contribution in [0.5, 0.6) is 0 Å². The summed E-state index contributed by atoms with van der Waals surface area (Å²) in [7, 11) is -2.36. The molecule has 0 N–H and O–H groups in total. The van der Waals surface area contributed by atoms with Crippen LogP contribution in [0.4, 0.5) is 0 Å². The lowest BCUT2D eigenvalue weighted by atomic mass is 10.6. The van der Waals surface area contributed by atoms with E-state index in [1.165, 1.54) is 0 Å². The van der Waals surface area contributed by atoms with Crippen LogP contribution in [0.2, 0.25) is 12.1 Å². The first-order chi connectivity index (χ1) is 11.5. The highest BCUT2D eigenvalue weighted by Gasteiger charge is 2.22. The van der Waals surface area contributed by atoms with E-state index < -0.39 is 26.7 Å². The van der Waals surface area contributed by atoms with E-state index >= 15 is 0 Å². The average molecular weight is 453 g/mol. The first-order valence-corrected chi connectivity index (χ1v) is 17.8. The lowest BCUT2D eigenvalue weighted by Gasteiger charge is -2.32. The van der Waals surface area contributed by atoms with Crippen molar-refractivity contribution in [3.05, 3.63) is 0 Å². The first-order valence-electron chi connectivity index (χ1n) is 8.85. The molecule has 0 aliphatic rings. The Morgan fingerprint density at radius 2 is 1.08 bits per heavy atom. The molecule has 0 bridgehead atoms. The maximum Gasteiger partial charge on any atom is 0.321 e. The van der Waals surface area contributed by atoms with E-state index in [9.17, 15) is 0 Å². The SMILES string of the molecule is CCO[SiH](CCCS(S)(CCC[SiH](OCC)OCC)SS)OCC. The average Bonchev–Trinajstić information content (AvgIpc) is 2.55. The normalized spacial score (nSPS) is 13.2. The zero-order valence-electron chi connectivity index (χ0n) is 15.6. The number of thiol groups is 2. The molecule has 0 aromatic rings. The van der Waals surface area contributed by atoms with Crippen molar-refractivity contribution < 1.29 is 17.7 Å². The molecule has 0 saturated carbocycles. The first kappa shape index (κ1) is 25.7. The van der Waals surface area contributed by atoms with Gasteiger partial charge in [0.2, 0.25) is 0 Å². The Kier molecular flexibility index (Phi) is 18.0. The lowest BCUT2D eigenvalue weighted by molar-refractivity contribution is 0.213. The summed E-state index contributed by atoms with van der Waals surface area (Å²) in [4.78, 5) is 0. The van der Waals surface area contributed by atoms with E-state index in [1.807, 2.05) is 27.7 Å². The Labute approximate surface area is 167 Å². The van der Waals surface area contributed by atoms with Crippen LogP contribution in [0, 0.1) is 0 Å². The van der Waals surface area contributed by atoms with Crippen molar-refractivity contribution in [2.24, 2.45) is 0 Å². The molecule has 24 heavy (non-hydrogen) atoms. The van der Waals surface area contributed by atoms with Crippen molar-refractivity contribution in [3.8, 4) is 0 Å². The summed E-state index contributed by atoms with van der Waals surface area (Å²) < 4.78 is 23.0. The van der Waals surface area contributed by atoms with Crippen LogP contribution in [-0.2, 0) is 17.7 Å². The van der Waals surface area contributed by atoms with Crippen LogP contribution in [0.3, 0.4) is 0 Å². The topological polar surface area (TPSA) is 36.9 Å². The fraction of sp³-hybridized carbons (Fsp3) is 1.00. The summed E-state index contributed by atoms with van der Waals surface area (Å²) in [6, 6.07) is 2.11. The van der Waals surface area contributed by atoms with Crippen molar-refractivity contribution >= 4 is 59.8 Å². The molecule has 4 nitrogen and oxygen atoms in total. The Balaban J connectivity index is 4.17. The Morgan fingerprint density at radius 3 is 1.33 bits per heavy atom. The molecule has 148 valence electrons. The highest BCUT2D eigenvalue weighted by molar-refractivity contribution is 9.33. The van der Waals surface area contributed by atoms with Gasteiger partial charge in [-0.1, -0.05) is 0 Å². The van der Waals surface area contributed by atoms with Gasteiger partial charge in [0.25, 0.3) is 0 Å². The van der Waals surface area contributed by atoms with Crippen molar-refractivity contribution in [1.29, 1.82) is 0 Å². The molecule has 0 amide bonds. The summed E-state index contributed by atoms with van der Waals surface area (Å²) in [6.45, 7) is 11.1. The van der Waals surface area contributed by atoms with Crippen molar-refractivity contribution in [1.82, 2.24) is 0 Å². The standard InChI is InChI=1S/C14H36O4S4Si2/c1-5-15-23(16-6-2)13-9-11-22(20,21-19)12-10-14-24(17-7-3)18-8-4/h19-20,23-24H,5-14H2,1-4H3. The molecule has 0 unspecified atom stereocenters. The maximum absolute atomic E-state index is 5.74. The molecule has 0 aliphatic heterocycles. The van der Waals surface area contributed by atoms with E-state index in [0.717, 1.165) is 62.9 Å². The predicted molar refractivity (Wildman–Crippen MR) is 123 cm³/mol. The van der Waals surface area contributed by atoms with E-state index in [2.05, 4.69) is 11.7 Å². The zero-order valence-corrected chi connectivity index (χ0v) is 21.3. The van der Waals surface area contributed by atoms with Gasteiger partial charge < -0.3 is 17.7 Å². The van der Waals surface area contributed by atoms with Crippen molar-refractivity contribution in [3.63, 3.8) is 0 Å².